The molecular weight excluding hydrogens is 286 g/mol. The van der Waals surface area contributed by atoms with Crippen LogP contribution in [-0.4, -0.2) is 56.1 Å². The molecule has 2 N–H and O–H groups in total. The van der Waals surface area contributed by atoms with Crippen molar-refractivity contribution in [3.8, 4) is 0 Å². The molecular formula is C18H33N5. The predicted octanol–water partition coefficient (Wildman–Crippen LogP) is 2.35. The monoisotopic (exact) mass is 319 g/mol. The first-order valence-corrected chi connectivity index (χ1v) is 8.77. The van der Waals surface area contributed by atoms with Crippen molar-refractivity contribution in [3.63, 3.8) is 0 Å². The van der Waals surface area contributed by atoms with Crippen LogP contribution < -0.4 is 10.7 Å². The van der Waals surface area contributed by atoms with Gasteiger partial charge in [0.2, 0.25) is 0 Å². The summed E-state index contributed by atoms with van der Waals surface area (Å²) >= 11 is 0. The summed E-state index contributed by atoms with van der Waals surface area (Å²) < 4.78 is 0. The van der Waals surface area contributed by atoms with Gasteiger partial charge >= 0.3 is 0 Å². The lowest BCUT2D eigenvalue weighted by atomic mass is 9.95. The summed E-state index contributed by atoms with van der Waals surface area (Å²) in [6, 6.07) is 0. The summed E-state index contributed by atoms with van der Waals surface area (Å²) in [6.45, 7) is 6.68. The van der Waals surface area contributed by atoms with Crippen molar-refractivity contribution in [3.05, 3.63) is 23.4 Å². The normalized spacial score (nSPS) is 22.6. The molecule has 1 aliphatic heterocycles. The van der Waals surface area contributed by atoms with E-state index in [0.29, 0.717) is 5.92 Å². The van der Waals surface area contributed by atoms with Gasteiger partial charge in [-0.25, -0.2) is 5.01 Å². The first kappa shape index (κ1) is 18.0. The molecule has 1 saturated heterocycles. The van der Waals surface area contributed by atoms with Crippen LogP contribution in [0.3, 0.4) is 0 Å². The van der Waals surface area contributed by atoms with E-state index in [0.717, 1.165) is 31.8 Å². The standard InChI is InChI=1S/C18H33N5/c1-14-6-8-17(9-7-14)21-23(5)15(2)20-18(19-3)16-10-12-22(4)13-11-16/h6,8,15-16,21H,7,9-13H2,1-5H3,(H,19,20). The summed E-state index contributed by atoms with van der Waals surface area (Å²) in [7, 11) is 6.18. The molecule has 130 valence electrons. The van der Waals surface area contributed by atoms with Crippen molar-refractivity contribution in [2.45, 2.75) is 45.7 Å². The summed E-state index contributed by atoms with van der Waals surface area (Å²) in [5, 5.41) is 5.74. The van der Waals surface area contributed by atoms with Crippen LogP contribution in [-0.2, 0) is 0 Å². The summed E-state index contributed by atoms with van der Waals surface area (Å²) in [4.78, 5) is 6.92. The largest absolute Gasteiger partial charge is 0.357 e. The Morgan fingerprint density at radius 3 is 2.57 bits per heavy atom. The highest BCUT2D eigenvalue weighted by molar-refractivity contribution is 5.84. The fourth-order valence-corrected chi connectivity index (χ4v) is 3.12. The van der Waals surface area contributed by atoms with Crippen LogP contribution in [0, 0.1) is 5.92 Å². The van der Waals surface area contributed by atoms with E-state index in [9.17, 15) is 0 Å². The number of hydrogen-bond acceptors (Lipinski definition) is 4. The Bertz CT molecular complexity index is 472. The number of aliphatic imine (C=N–C) groups is 1. The van der Waals surface area contributed by atoms with Crippen LogP contribution in [0.2, 0.25) is 0 Å². The fourth-order valence-electron chi connectivity index (χ4n) is 3.12. The van der Waals surface area contributed by atoms with Gasteiger partial charge in [-0.1, -0.05) is 11.6 Å². The molecule has 1 heterocycles. The van der Waals surface area contributed by atoms with Crippen LogP contribution in [0.4, 0.5) is 0 Å². The lowest BCUT2D eigenvalue weighted by Gasteiger charge is -2.34. The molecule has 0 saturated carbocycles. The fraction of sp³-hybridized carbons (Fsp3) is 0.722. The van der Waals surface area contributed by atoms with Gasteiger partial charge in [-0.15, -0.1) is 0 Å². The molecule has 5 nitrogen and oxygen atoms in total. The van der Waals surface area contributed by atoms with Gasteiger partial charge < -0.3 is 15.6 Å². The molecule has 0 spiro atoms. The maximum Gasteiger partial charge on any atom is 0.100 e. The molecule has 1 aliphatic carbocycles. The van der Waals surface area contributed by atoms with Crippen molar-refractivity contribution in [1.82, 2.24) is 20.7 Å². The molecule has 0 radical (unpaired) electrons. The highest BCUT2D eigenvalue weighted by Gasteiger charge is 2.23. The maximum atomic E-state index is 4.52. The van der Waals surface area contributed by atoms with Crippen LogP contribution in [0.25, 0.3) is 0 Å². The molecule has 1 atom stereocenters. The SMILES string of the molecule is CN=C(NC(C)N(C)NC1=CC=C(C)CC1)C1CCN(C)CC1. The van der Waals surface area contributed by atoms with Crippen LogP contribution in [0.15, 0.2) is 28.4 Å². The molecule has 23 heavy (non-hydrogen) atoms. The molecule has 0 bridgehead atoms. The van der Waals surface area contributed by atoms with Crippen molar-refractivity contribution < 1.29 is 0 Å². The smallest absolute Gasteiger partial charge is 0.100 e. The summed E-state index contributed by atoms with van der Waals surface area (Å²) in [5.74, 6) is 1.71. The van der Waals surface area contributed by atoms with Gasteiger partial charge in [0, 0.05) is 25.7 Å². The molecule has 1 fully saturated rings. The number of allylic oxidation sites excluding steroid dienone is 4. The number of piperidine rings is 1. The second kappa shape index (κ2) is 8.50. The number of hydrazine groups is 1. The molecule has 2 aliphatic rings. The zero-order valence-electron chi connectivity index (χ0n) is 15.4. The Kier molecular flexibility index (Phi) is 6.66. The van der Waals surface area contributed by atoms with Gasteiger partial charge in [-0.05, 0) is 65.7 Å². The van der Waals surface area contributed by atoms with Crippen molar-refractivity contribution >= 4 is 5.84 Å². The van der Waals surface area contributed by atoms with E-state index in [1.807, 2.05) is 7.05 Å². The molecule has 0 aromatic carbocycles. The third-order valence-electron chi connectivity index (χ3n) is 4.96. The van der Waals surface area contributed by atoms with Crippen LogP contribution in [0.5, 0.6) is 0 Å². The molecule has 0 amide bonds. The van der Waals surface area contributed by atoms with Gasteiger partial charge in [0.1, 0.15) is 5.84 Å². The average Bonchev–Trinajstić information content (AvgIpc) is 2.55. The van der Waals surface area contributed by atoms with E-state index in [1.54, 1.807) is 0 Å². The van der Waals surface area contributed by atoms with E-state index >= 15 is 0 Å². The van der Waals surface area contributed by atoms with Crippen molar-refractivity contribution in [1.29, 1.82) is 0 Å². The van der Waals surface area contributed by atoms with Gasteiger partial charge in [0.05, 0.1) is 6.17 Å². The molecule has 0 aromatic heterocycles. The first-order valence-electron chi connectivity index (χ1n) is 8.77. The Balaban J connectivity index is 1.85. The third-order valence-corrected chi connectivity index (χ3v) is 4.96. The quantitative estimate of drug-likeness (QED) is 0.353. The Morgan fingerprint density at radius 1 is 1.30 bits per heavy atom. The second-order valence-corrected chi connectivity index (χ2v) is 6.93. The van der Waals surface area contributed by atoms with E-state index in [2.05, 4.69) is 65.7 Å². The van der Waals surface area contributed by atoms with Crippen molar-refractivity contribution in [2.75, 3.05) is 34.2 Å². The zero-order chi connectivity index (χ0) is 16.8. The van der Waals surface area contributed by atoms with Gasteiger partial charge in [-0.2, -0.15) is 0 Å². The van der Waals surface area contributed by atoms with E-state index in [1.165, 1.54) is 24.1 Å². The predicted molar refractivity (Wildman–Crippen MR) is 98.2 cm³/mol. The summed E-state index contributed by atoms with van der Waals surface area (Å²) in [6.07, 6.45) is 9.20. The van der Waals surface area contributed by atoms with E-state index in [4.69, 9.17) is 0 Å². The van der Waals surface area contributed by atoms with E-state index < -0.39 is 0 Å². The van der Waals surface area contributed by atoms with Gasteiger partial charge in [0.25, 0.3) is 0 Å². The number of amidine groups is 1. The lowest BCUT2D eigenvalue weighted by molar-refractivity contribution is 0.178. The van der Waals surface area contributed by atoms with Gasteiger partial charge in [-0.3, -0.25) is 4.99 Å². The molecule has 0 aromatic rings. The minimum atomic E-state index is 0.196. The number of likely N-dealkylation sites (tertiary alicyclic amines) is 1. The Morgan fingerprint density at radius 2 is 2.00 bits per heavy atom. The number of rotatable bonds is 5. The van der Waals surface area contributed by atoms with Gasteiger partial charge in [0.15, 0.2) is 0 Å². The van der Waals surface area contributed by atoms with Crippen LogP contribution in [0.1, 0.15) is 39.5 Å². The minimum absolute atomic E-state index is 0.196. The Hall–Kier alpha value is -1.33. The zero-order valence-corrected chi connectivity index (χ0v) is 15.4. The first-order chi connectivity index (χ1) is 11.0. The van der Waals surface area contributed by atoms with Crippen LogP contribution >= 0.6 is 0 Å². The molecule has 1 unspecified atom stereocenters. The summed E-state index contributed by atoms with van der Waals surface area (Å²) in [5.41, 5.74) is 6.23. The maximum absolute atomic E-state index is 4.52. The average molecular weight is 319 g/mol. The Labute approximate surface area is 141 Å². The van der Waals surface area contributed by atoms with E-state index in [-0.39, 0.29) is 6.17 Å². The molecule has 2 rings (SSSR count). The highest BCUT2D eigenvalue weighted by atomic mass is 15.5. The lowest BCUT2D eigenvalue weighted by Crippen LogP contribution is -2.52. The number of nitrogens with one attached hydrogen (secondary N) is 2. The topological polar surface area (TPSA) is 42.9 Å². The third kappa shape index (κ3) is 5.36. The highest BCUT2D eigenvalue weighted by Crippen LogP contribution is 2.18. The minimum Gasteiger partial charge on any atom is -0.357 e. The number of nitrogens with zero attached hydrogens (tertiary/aromatic N) is 3. The van der Waals surface area contributed by atoms with Crippen molar-refractivity contribution in [2.24, 2.45) is 10.9 Å². The second-order valence-electron chi connectivity index (χ2n) is 6.93. The number of hydrogen-bond donors (Lipinski definition) is 2. The molecule has 5 heteroatoms.